The maximum atomic E-state index is 11.7. The lowest BCUT2D eigenvalue weighted by Gasteiger charge is -2.19. The molecule has 0 aliphatic rings. The summed E-state index contributed by atoms with van der Waals surface area (Å²) in [6, 6.07) is 0.779. The van der Waals surface area contributed by atoms with E-state index in [0.29, 0.717) is 11.6 Å². The van der Waals surface area contributed by atoms with Crippen LogP contribution < -0.4 is 11.1 Å². The number of anilines is 1. The van der Waals surface area contributed by atoms with E-state index >= 15 is 0 Å². The number of nitrogens with zero attached hydrogens (tertiary/aromatic N) is 2. The van der Waals surface area contributed by atoms with Crippen molar-refractivity contribution in [3.8, 4) is 12.3 Å². The molecule has 1 heterocycles. The molecule has 1 atom stereocenters. The number of terminal acetylenes is 1. The number of aryl methyl sites for hydroxylation is 1. The van der Waals surface area contributed by atoms with E-state index in [0.717, 1.165) is 0 Å². The largest absolute Gasteiger partial charge is 0.360 e. The first-order valence-electron chi connectivity index (χ1n) is 5.61. The predicted octanol–water partition coefficient (Wildman–Crippen LogP) is -0.269. The van der Waals surface area contributed by atoms with Gasteiger partial charge in [-0.3, -0.25) is 9.59 Å². The SMILES string of the molecule is C#CCC(N)C(=O)N(C)CC(=O)Nc1cc(C)on1. The molecule has 7 heteroatoms. The molecule has 0 bridgehead atoms. The third-order valence-electron chi connectivity index (χ3n) is 2.31. The summed E-state index contributed by atoms with van der Waals surface area (Å²) in [7, 11) is 1.48. The number of likely N-dealkylation sites (N-methyl/N-ethyl adjacent to an activating group) is 1. The highest BCUT2D eigenvalue weighted by molar-refractivity contribution is 5.94. The number of carbonyl (C=O) groups excluding carboxylic acids is 2. The highest BCUT2D eigenvalue weighted by atomic mass is 16.5. The molecule has 1 unspecified atom stereocenters. The summed E-state index contributed by atoms with van der Waals surface area (Å²) >= 11 is 0. The van der Waals surface area contributed by atoms with Crippen LogP contribution in [0.3, 0.4) is 0 Å². The standard InChI is InChI=1S/C12H16N4O3/c1-4-5-9(13)12(18)16(3)7-11(17)14-10-6-8(2)19-15-10/h1,6,9H,5,7,13H2,2-3H3,(H,14,15,17). The van der Waals surface area contributed by atoms with E-state index in [-0.39, 0.29) is 18.9 Å². The molecule has 0 saturated heterocycles. The maximum absolute atomic E-state index is 11.7. The Hall–Kier alpha value is -2.33. The van der Waals surface area contributed by atoms with Gasteiger partial charge in [0.05, 0.1) is 12.6 Å². The Balaban J connectivity index is 2.48. The van der Waals surface area contributed by atoms with E-state index < -0.39 is 11.9 Å². The molecule has 0 aliphatic heterocycles. The van der Waals surface area contributed by atoms with Crippen molar-refractivity contribution < 1.29 is 14.1 Å². The summed E-state index contributed by atoms with van der Waals surface area (Å²) in [6.07, 6.45) is 5.21. The lowest BCUT2D eigenvalue weighted by Crippen LogP contribution is -2.44. The van der Waals surface area contributed by atoms with E-state index in [1.165, 1.54) is 11.9 Å². The highest BCUT2D eigenvalue weighted by Crippen LogP contribution is 2.06. The van der Waals surface area contributed by atoms with Gasteiger partial charge in [-0.05, 0) is 6.92 Å². The Bertz CT molecular complexity index is 503. The summed E-state index contributed by atoms with van der Waals surface area (Å²) in [5, 5.41) is 6.11. The van der Waals surface area contributed by atoms with Gasteiger partial charge < -0.3 is 20.5 Å². The van der Waals surface area contributed by atoms with E-state index in [2.05, 4.69) is 16.4 Å². The van der Waals surface area contributed by atoms with Gasteiger partial charge >= 0.3 is 0 Å². The Labute approximate surface area is 111 Å². The van der Waals surface area contributed by atoms with Crippen LogP contribution in [0.15, 0.2) is 10.6 Å². The molecule has 0 aromatic carbocycles. The second-order valence-corrected chi connectivity index (χ2v) is 4.08. The minimum Gasteiger partial charge on any atom is -0.360 e. The second-order valence-electron chi connectivity index (χ2n) is 4.08. The summed E-state index contributed by atoms with van der Waals surface area (Å²) < 4.78 is 4.80. The van der Waals surface area contributed by atoms with Gasteiger partial charge in [0.1, 0.15) is 5.76 Å². The molecular weight excluding hydrogens is 248 g/mol. The number of hydrogen-bond donors (Lipinski definition) is 2. The van der Waals surface area contributed by atoms with Crippen molar-refractivity contribution in [2.75, 3.05) is 18.9 Å². The lowest BCUT2D eigenvalue weighted by atomic mass is 10.2. The molecule has 0 fully saturated rings. The molecule has 0 radical (unpaired) electrons. The topological polar surface area (TPSA) is 101 Å². The third-order valence-corrected chi connectivity index (χ3v) is 2.31. The summed E-state index contributed by atoms with van der Waals surface area (Å²) in [4.78, 5) is 24.6. The zero-order valence-corrected chi connectivity index (χ0v) is 10.8. The van der Waals surface area contributed by atoms with Crippen LogP contribution in [0.2, 0.25) is 0 Å². The molecule has 7 nitrogen and oxygen atoms in total. The third kappa shape index (κ3) is 4.44. The number of aromatic nitrogens is 1. The molecule has 2 amide bonds. The molecule has 102 valence electrons. The average Bonchev–Trinajstić information content (AvgIpc) is 2.73. The Morgan fingerprint density at radius 3 is 2.89 bits per heavy atom. The first-order valence-corrected chi connectivity index (χ1v) is 5.61. The predicted molar refractivity (Wildman–Crippen MR) is 68.9 cm³/mol. The second kappa shape index (κ2) is 6.56. The van der Waals surface area contributed by atoms with Gasteiger partial charge in [-0.1, -0.05) is 5.16 Å². The summed E-state index contributed by atoms with van der Waals surface area (Å²) in [6.45, 7) is 1.57. The number of rotatable bonds is 5. The van der Waals surface area contributed by atoms with Crippen LogP contribution in [0, 0.1) is 19.3 Å². The quantitative estimate of drug-likeness (QED) is 0.713. The normalized spacial score (nSPS) is 11.5. The molecule has 0 aliphatic carbocycles. The number of nitrogens with two attached hydrogens (primary N) is 1. The molecule has 1 aromatic rings. The van der Waals surface area contributed by atoms with E-state index in [1.807, 2.05) is 0 Å². The first kappa shape index (κ1) is 14.7. The fourth-order valence-corrected chi connectivity index (χ4v) is 1.40. The van der Waals surface area contributed by atoms with Gasteiger partial charge in [-0.15, -0.1) is 12.3 Å². The maximum Gasteiger partial charge on any atom is 0.245 e. The van der Waals surface area contributed by atoms with Gasteiger partial charge in [-0.2, -0.15) is 0 Å². The number of amides is 2. The molecule has 1 rings (SSSR count). The van der Waals surface area contributed by atoms with Gasteiger partial charge in [0.2, 0.25) is 11.8 Å². The van der Waals surface area contributed by atoms with E-state index in [4.69, 9.17) is 16.7 Å². The van der Waals surface area contributed by atoms with Gasteiger partial charge in [0.15, 0.2) is 5.82 Å². The molecule has 3 N–H and O–H groups in total. The van der Waals surface area contributed by atoms with Gasteiger partial charge in [0, 0.05) is 19.5 Å². The van der Waals surface area contributed by atoms with Crippen molar-refractivity contribution in [3.05, 3.63) is 11.8 Å². The van der Waals surface area contributed by atoms with E-state index in [9.17, 15) is 9.59 Å². The zero-order chi connectivity index (χ0) is 14.4. The number of nitrogens with one attached hydrogen (secondary N) is 1. The molecule has 1 aromatic heterocycles. The van der Waals surface area contributed by atoms with Crippen LogP contribution >= 0.6 is 0 Å². The van der Waals surface area contributed by atoms with Crippen LogP contribution in [0.25, 0.3) is 0 Å². The Morgan fingerprint density at radius 2 is 2.37 bits per heavy atom. The number of hydrogen-bond acceptors (Lipinski definition) is 5. The molecule has 19 heavy (non-hydrogen) atoms. The Morgan fingerprint density at radius 1 is 1.68 bits per heavy atom. The van der Waals surface area contributed by atoms with Crippen molar-refractivity contribution in [2.45, 2.75) is 19.4 Å². The highest BCUT2D eigenvalue weighted by Gasteiger charge is 2.19. The monoisotopic (exact) mass is 264 g/mol. The molecule has 0 saturated carbocycles. The fraction of sp³-hybridized carbons (Fsp3) is 0.417. The molecule has 0 spiro atoms. The lowest BCUT2D eigenvalue weighted by molar-refractivity contribution is -0.134. The van der Waals surface area contributed by atoms with Crippen molar-refractivity contribution in [2.24, 2.45) is 5.73 Å². The zero-order valence-electron chi connectivity index (χ0n) is 10.8. The minimum atomic E-state index is -0.794. The van der Waals surface area contributed by atoms with Crippen LogP contribution in [0.4, 0.5) is 5.82 Å². The van der Waals surface area contributed by atoms with Gasteiger partial charge in [-0.25, -0.2) is 0 Å². The van der Waals surface area contributed by atoms with Crippen molar-refractivity contribution in [3.63, 3.8) is 0 Å². The van der Waals surface area contributed by atoms with Crippen molar-refractivity contribution in [1.29, 1.82) is 0 Å². The smallest absolute Gasteiger partial charge is 0.245 e. The molecular formula is C12H16N4O3. The van der Waals surface area contributed by atoms with E-state index in [1.54, 1.807) is 13.0 Å². The Kier molecular flexibility index (Phi) is 5.09. The van der Waals surface area contributed by atoms with Crippen LogP contribution in [-0.2, 0) is 9.59 Å². The summed E-state index contributed by atoms with van der Waals surface area (Å²) in [5.41, 5.74) is 5.57. The number of carbonyl (C=O) groups is 2. The van der Waals surface area contributed by atoms with Crippen LogP contribution in [0.1, 0.15) is 12.2 Å². The summed E-state index contributed by atoms with van der Waals surface area (Å²) in [5.74, 6) is 2.41. The fourth-order valence-electron chi connectivity index (χ4n) is 1.40. The van der Waals surface area contributed by atoms with Crippen molar-refractivity contribution in [1.82, 2.24) is 10.1 Å². The van der Waals surface area contributed by atoms with Crippen LogP contribution in [-0.4, -0.2) is 41.5 Å². The first-order chi connectivity index (χ1) is 8.93. The average molecular weight is 264 g/mol. The van der Waals surface area contributed by atoms with Gasteiger partial charge in [0.25, 0.3) is 0 Å². The van der Waals surface area contributed by atoms with Crippen molar-refractivity contribution >= 4 is 17.6 Å². The van der Waals surface area contributed by atoms with Crippen LogP contribution in [0.5, 0.6) is 0 Å². The minimum absolute atomic E-state index is 0.132.